The van der Waals surface area contributed by atoms with Crippen LogP contribution in [0.15, 0.2) is 23.8 Å². The van der Waals surface area contributed by atoms with Gasteiger partial charge in [-0.05, 0) is 81.0 Å². The topological polar surface area (TPSA) is 58.9 Å². The second-order valence-electron chi connectivity index (χ2n) is 10.3. The molecule has 156 valence electrons. The smallest absolute Gasteiger partial charge is 0.157 e. The second kappa shape index (κ2) is 7.23. The highest BCUT2D eigenvalue weighted by Gasteiger charge is 2.59. The lowest BCUT2D eigenvalue weighted by atomic mass is 9.48. The molecule has 0 aromatic carbocycles. The molecule has 0 bridgehead atoms. The Bertz CT molecular complexity index is 651. The summed E-state index contributed by atoms with van der Waals surface area (Å²) in [6, 6.07) is 0. The van der Waals surface area contributed by atoms with Crippen LogP contribution in [0.4, 0.5) is 0 Å². The van der Waals surface area contributed by atoms with Crippen LogP contribution in [0, 0.1) is 28.6 Å². The van der Waals surface area contributed by atoms with Crippen molar-refractivity contribution >= 4 is 0 Å². The van der Waals surface area contributed by atoms with Crippen molar-refractivity contribution in [1.82, 2.24) is 0 Å². The van der Waals surface area contributed by atoms with Crippen LogP contribution in [0.2, 0.25) is 0 Å². The van der Waals surface area contributed by atoms with Gasteiger partial charge in [-0.3, -0.25) is 0 Å². The van der Waals surface area contributed by atoms with Gasteiger partial charge >= 0.3 is 0 Å². The van der Waals surface area contributed by atoms with Crippen LogP contribution in [-0.2, 0) is 9.47 Å². The molecule has 3 fully saturated rings. The number of fused-ring (bicyclic) bond motifs is 5. The molecule has 1 unspecified atom stereocenters. The van der Waals surface area contributed by atoms with E-state index in [1.807, 2.05) is 6.08 Å². The van der Waals surface area contributed by atoms with Crippen molar-refractivity contribution in [2.24, 2.45) is 28.6 Å². The zero-order valence-electron chi connectivity index (χ0n) is 17.2. The van der Waals surface area contributed by atoms with E-state index in [-0.39, 0.29) is 29.3 Å². The maximum atomic E-state index is 10.7. The Balaban J connectivity index is 1.44. The number of ether oxygens (including phenoxy) is 2. The van der Waals surface area contributed by atoms with Gasteiger partial charge in [0.05, 0.1) is 18.8 Å². The lowest BCUT2D eigenvalue weighted by Gasteiger charge is -2.57. The van der Waals surface area contributed by atoms with E-state index in [0.717, 1.165) is 58.0 Å². The normalized spacial score (nSPS) is 50.5. The number of allylic oxidation sites excluding steroid dienone is 1. The summed E-state index contributed by atoms with van der Waals surface area (Å²) in [5.41, 5.74) is 1.36. The van der Waals surface area contributed by atoms with Crippen molar-refractivity contribution in [3.8, 4) is 0 Å². The summed E-state index contributed by atoms with van der Waals surface area (Å²) in [5, 5.41) is 21.0. The van der Waals surface area contributed by atoms with Crippen molar-refractivity contribution in [3.63, 3.8) is 0 Å². The van der Waals surface area contributed by atoms with Crippen molar-refractivity contribution in [3.05, 3.63) is 23.8 Å². The molecule has 0 amide bonds. The molecule has 1 aliphatic heterocycles. The molecular weight excluding hydrogens is 352 g/mol. The first-order valence-corrected chi connectivity index (χ1v) is 11.5. The van der Waals surface area contributed by atoms with E-state index in [1.54, 1.807) is 0 Å². The summed E-state index contributed by atoms with van der Waals surface area (Å²) < 4.78 is 12.2. The molecule has 5 rings (SSSR count). The average molecular weight is 389 g/mol. The molecule has 0 aromatic heterocycles. The van der Waals surface area contributed by atoms with Crippen LogP contribution in [-0.4, -0.2) is 41.9 Å². The van der Waals surface area contributed by atoms with Gasteiger partial charge < -0.3 is 19.7 Å². The highest BCUT2D eigenvalue weighted by atomic mass is 16.7. The van der Waals surface area contributed by atoms with Gasteiger partial charge in [0.2, 0.25) is 0 Å². The maximum absolute atomic E-state index is 10.7. The van der Waals surface area contributed by atoms with Crippen LogP contribution in [0.5, 0.6) is 0 Å². The van der Waals surface area contributed by atoms with Gasteiger partial charge in [0.25, 0.3) is 0 Å². The van der Waals surface area contributed by atoms with Gasteiger partial charge in [0.1, 0.15) is 0 Å². The molecule has 4 heteroatoms. The van der Waals surface area contributed by atoms with Gasteiger partial charge in [-0.1, -0.05) is 30.7 Å². The third-order valence-corrected chi connectivity index (χ3v) is 8.97. The molecule has 8 atom stereocenters. The molecule has 4 aliphatic carbocycles. The number of aliphatic hydroxyl groups excluding tert-OH is 2. The molecule has 4 nitrogen and oxygen atoms in total. The van der Waals surface area contributed by atoms with Gasteiger partial charge in [0, 0.05) is 12.0 Å². The van der Waals surface area contributed by atoms with E-state index >= 15 is 0 Å². The Kier molecular flexibility index (Phi) is 4.98. The number of rotatable bonds is 3. The molecule has 1 heterocycles. The first-order valence-electron chi connectivity index (χ1n) is 11.5. The average Bonchev–Trinajstić information content (AvgIpc) is 3.02. The van der Waals surface area contributed by atoms with Crippen molar-refractivity contribution in [2.75, 3.05) is 13.2 Å². The highest BCUT2D eigenvalue weighted by Crippen LogP contribution is 2.64. The van der Waals surface area contributed by atoms with Gasteiger partial charge in [0.15, 0.2) is 6.29 Å². The van der Waals surface area contributed by atoms with Crippen LogP contribution in [0.3, 0.4) is 0 Å². The predicted octanol–water partition coefficient (Wildman–Crippen LogP) is 3.97. The van der Waals surface area contributed by atoms with Gasteiger partial charge in [-0.2, -0.15) is 0 Å². The highest BCUT2D eigenvalue weighted by molar-refractivity contribution is 5.34. The monoisotopic (exact) mass is 388 g/mol. The molecule has 0 radical (unpaired) electrons. The molecule has 1 saturated heterocycles. The minimum absolute atomic E-state index is 0.0767. The summed E-state index contributed by atoms with van der Waals surface area (Å²) in [7, 11) is 0. The van der Waals surface area contributed by atoms with E-state index in [0.29, 0.717) is 24.4 Å². The molecule has 0 aromatic rings. The van der Waals surface area contributed by atoms with Crippen molar-refractivity contribution in [2.45, 2.75) is 83.2 Å². The summed E-state index contributed by atoms with van der Waals surface area (Å²) >= 11 is 0. The van der Waals surface area contributed by atoms with Gasteiger partial charge in [-0.25, -0.2) is 0 Å². The molecule has 28 heavy (non-hydrogen) atoms. The summed E-state index contributed by atoms with van der Waals surface area (Å²) in [5.74, 6) is 1.75. The third kappa shape index (κ3) is 2.94. The summed E-state index contributed by atoms with van der Waals surface area (Å²) in [6.45, 7) is 3.80. The van der Waals surface area contributed by atoms with E-state index in [4.69, 9.17) is 9.47 Å². The number of aliphatic hydroxyl groups is 2. The van der Waals surface area contributed by atoms with E-state index in [2.05, 4.69) is 19.1 Å². The minimum atomic E-state index is -0.371. The molecule has 0 spiro atoms. The van der Waals surface area contributed by atoms with Crippen molar-refractivity contribution in [1.29, 1.82) is 0 Å². The fourth-order valence-corrected chi connectivity index (χ4v) is 7.34. The van der Waals surface area contributed by atoms with Crippen LogP contribution >= 0.6 is 0 Å². The lowest BCUT2D eigenvalue weighted by Crippen LogP contribution is -2.52. The molecule has 5 aliphatic rings. The maximum Gasteiger partial charge on any atom is 0.157 e. The Morgan fingerprint density at radius 3 is 2.86 bits per heavy atom. The molecular formula is C24H36O4. The first-order chi connectivity index (χ1) is 13.5. The Morgan fingerprint density at radius 2 is 2.04 bits per heavy atom. The lowest BCUT2D eigenvalue weighted by molar-refractivity contribution is -0.183. The quantitative estimate of drug-likeness (QED) is 0.718. The van der Waals surface area contributed by atoms with Crippen LogP contribution < -0.4 is 0 Å². The second-order valence-corrected chi connectivity index (χ2v) is 10.3. The molecule has 2 N–H and O–H groups in total. The Morgan fingerprint density at radius 1 is 1.14 bits per heavy atom. The van der Waals surface area contributed by atoms with Gasteiger partial charge in [-0.15, -0.1) is 0 Å². The van der Waals surface area contributed by atoms with E-state index < -0.39 is 0 Å². The largest absolute Gasteiger partial charge is 0.393 e. The Hall–Kier alpha value is -0.680. The summed E-state index contributed by atoms with van der Waals surface area (Å²) in [6.07, 6.45) is 15.6. The third-order valence-electron chi connectivity index (χ3n) is 8.97. The van der Waals surface area contributed by atoms with E-state index in [1.165, 1.54) is 12.0 Å². The summed E-state index contributed by atoms with van der Waals surface area (Å²) in [4.78, 5) is 0. The van der Waals surface area contributed by atoms with Crippen molar-refractivity contribution < 1.29 is 19.7 Å². The minimum Gasteiger partial charge on any atom is -0.393 e. The van der Waals surface area contributed by atoms with Crippen LogP contribution in [0.25, 0.3) is 0 Å². The first kappa shape index (κ1) is 19.3. The zero-order valence-corrected chi connectivity index (χ0v) is 17.2. The fraction of sp³-hybridized carbons (Fsp3) is 0.833. The molecule has 2 saturated carbocycles. The van der Waals surface area contributed by atoms with E-state index in [9.17, 15) is 10.2 Å². The Labute approximate surface area is 169 Å². The predicted molar refractivity (Wildman–Crippen MR) is 107 cm³/mol. The SMILES string of the molecule is C[C@]12CC[C@H]3[C@@H](CC=C4C[C@@H](O)C=C[C@@]43COC3CCCCO3)[C@@H]1CC[C@@H]2O. The number of hydrogen-bond donors (Lipinski definition) is 2. The fourth-order valence-electron chi connectivity index (χ4n) is 7.34. The standard InChI is InChI=1S/C24H36O4/c1-23-11-10-20-18(19(23)7-8-21(23)26)6-5-16-14-17(25)9-12-24(16,20)15-28-22-4-2-3-13-27-22/h5,9,12,17-22,25-26H,2-4,6-8,10-11,13-15H2,1H3/t17-,18-,19-,20-,21-,22?,23-,24+/m0/s1. The van der Waals surface area contributed by atoms with Crippen LogP contribution in [0.1, 0.15) is 64.7 Å². The number of hydrogen-bond acceptors (Lipinski definition) is 4. The zero-order chi connectivity index (χ0) is 19.4.